The number of amides is 1. The van der Waals surface area contributed by atoms with E-state index >= 15 is 0 Å². The first-order valence-corrected chi connectivity index (χ1v) is 6.88. The molecule has 0 saturated carbocycles. The monoisotopic (exact) mass is 335 g/mol. The van der Waals surface area contributed by atoms with Gasteiger partial charge in [0.15, 0.2) is 6.61 Å². The predicted octanol–water partition coefficient (Wildman–Crippen LogP) is 2.24. The fourth-order valence-electron chi connectivity index (χ4n) is 1.30. The Labute approximate surface area is 120 Å². The highest BCUT2D eigenvalue weighted by Crippen LogP contribution is 2.16. The van der Waals surface area contributed by atoms with E-state index in [2.05, 4.69) is 21.2 Å². The lowest BCUT2D eigenvalue weighted by Gasteiger charge is -2.15. The summed E-state index contributed by atoms with van der Waals surface area (Å²) in [5.74, 6) is 0.372. The quantitative estimate of drug-likeness (QED) is 0.777. The van der Waals surface area contributed by atoms with Crippen LogP contribution in [0.5, 0.6) is 5.75 Å². The van der Waals surface area contributed by atoms with Crippen molar-refractivity contribution in [3.8, 4) is 5.75 Å². The van der Waals surface area contributed by atoms with Gasteiger partial charge in [-0.2, -0.15) is 0 Å². The van der Waals surface area contributed by atoms with Crippen LogP contribution in [-0.2, 0) is 9.53 Å². The average Bonchev–Trinajstić information content (AvgIpc) is 2.36. The van der Waals surface area contributed by atoms with Crippen LogP contribution in [0, 0.1) is 0 Å². The third-order valence-electron chi connectivity index (χ3n) is 2.09. The Morgan fingerprint density at radius 2 is 2.33 bits per heavy atom. The smallest absolute Gasteiger partial charge is 0.258 e. The molecule has 1 unspecified atom stereocenters. The summed E-state index contributed by atoms with van der Waals surface area (Å²) in [7, 11) is 1.59. The molecule has 1 atom stereocenters. The predicted molar refractivity (Wildman–Crippen MR) is 74.5 cm³/mol. The van der Waals surface area contributed by atoms with Crippen molar-refractivity contribution in [2.45, 2.75) is 6.04 Å². The van der Waals surface area contributed by atoms with Gasteiger partial charge in [0.05, 0.1) is 12.6 Å². The zero-order valence-electron chi connectivity index (χ0n) is 9.99. The number of alkyl halides is 1. The van der Waals surface area contributed by atoms with E-state index in [1.165, 1.54) is 0 Å². The van der Waals surface area contributed by atoms with E-state index in [0.29, 0.717) is 22.7 Å². The van der Waals surface area contributed by atoms with Gasteiger partial charge in [-0.1, -0.05) is 33.6 Å². The number of benzene rings is 1. The molecule has 0 bridgehead atoms. The van der Waals surface area contributed by atoms with Crippen LogP contribution in [0.3, 0.4) is 0 Å². The number of halogens is 2. The topological polar surface area (TPSA) is 47.6 Å². The van der Waals surface area contributed by atoms with Gasteiger partial charge >= 0.3 is 0 Å². The highest BCUT2D eigenvalue weighted by molar-refractivity contribution is 9.09. The van der Waals surface area contributed by atoms with Crippen LogP contribution in [0.4, 0.5) is 0 Å². The third-order valence-corrected chi connectivity index (χ3v) is 3.10. The molecule has 1 rings (SSSR count). The molecule has 0 radical (unpaired) electrons. The van der Waals surface area contributed by atoms with Crippen LogP contribution in [0.25, 0.3) is 0 Å². The number of ether oxygens (including phenoxy) is 2. The number of methoxy groups -OCH3 is 1. The summed E-state index contributed by atoms with van der Waals surface area (Å²) >= 11 is 9.10. The van der Waals surface area contributed by atoms with Crippen molar-refractivity contribution in [2.24, 2.45) is 0 Å². The Morgan fingerprint density at radius 1 is 1.56 bits per heavy atom. The Balaban J connectivity index is 2.36. The van der Waals surface area contributed by atoms with Gasteiger partial charge in [-0.25, -0.2) is 0 Å². The second kappa shape index (κ2) is 8.34. The molecule has 0 heterocycles. The zero-order chi connectivity index (χ0) is 13.4. The van der Waals surface area contributed by atoms with Crippen LogP contribution < -0.4 is 10.1 Å². The molecule has 0 aliphatic heterocycles. The molecule has 1 amide bonds. The molecule has 18 heavy (non-hydrogen) atoms. The lowest BCUT2D eigenvalue weighted by atomic mass is 10.3. The van der Waals surface area contributed by atoms with Gasteiger partial charge in [-0.15, -0.1) is 0 Å². The van der Waals surface area contributed by atoms with E-state index in [-0.39, 0.29) is 18.6 Å². The molecule has 0 aromatic heterocycles. The first-order chi connectivity index (χ1) is 8.65. The molecule has 0 aliphatic carbocycles. The summed E-state index contributed by atoms with van der Waals surface area (Å²) in [6.07, 6.45) is 0. The molecular formula is C12H15BrClNO3. The van der Waals surface area contributed by atoms with Crippen LogP contribution in [0.2, 0.25) is 5.02 Å². The standard InChI is InChI=1S/C12H15BrClNO3/c1-17-7-10(6-13)15-12(16)8-18-11-4-2-3-9(14)5-11/h2-5,10H,6-8H2,1H3,(H,15,16). The first-order valence-electron chi connectivity index (χ1n) is 5.38. The minimum Gasteiger partial charge on any atom is -0.484 e. The molecule has 100 valence electrons. The van der Waals surface area contributed by atoms with Crippen LogP contribution in [0.1, 0.15) is 0 Å². The first kappa shape index (κ1) is 15.3. The molecule has 0 aliphatic rings. The van der Waals surface area contributed by atoms with E-state index in [1.54, 1.807) is 31.4 Å². The molecular weight excluding hydrogens is 321 g/mol. The normalized spacial score (nSPS) is 11.9. The van der Waals surface area contributed by atoms with Crippen molar-refractivity contribution in [1.82, 2.24) is 5.32 Å². The Morgan fingerprint density at radius 3 is 2.94 bits per heavy atom. The summed E-state index contributed by atoms with van der Waals surface area (Å²) in [5, 5.41) is 3.99. The van der Waals surface area contributed by atoms with Gasteiger partial charge in [-0.05, 0) is 18.2 Å². The van der Waals surface area contributed by atoms with Gasteiger partial charge in [0.2, 0.25) is 0 Å². The molecule has 0 fully saturated rings. The van der Waals surface area contributed by atoms with E-state index < -0.39 is 0 Å². The van der Waals surface area contributed by atoms with Crippen LogP contribution >= 0.6 is 27.5 Å². The van der Waals surface area contributed by atoms with Gasteiger partial charge in [-0.3, -0.25) is 4.79 Å². The Hall–Kier alpha value is -0.780. The van der Waals surface area contributed by atoms with Crippen molar-refractivity contribution in [2.75, 3.05) is 25.7 Å². The van der Waals surface area contributed by atoms with E-state index in [9.17, 15) is 4.79 Å². The van der Waals surface area contributed by atoms with Crippen molar-refractivity contribution < 1.29 is 14.3 Å². The number of carbonyl (C=O) groups is 1. The van der Waals surface area contributed by atoms with E-state index in [1.807, 2.05) is 0 Å². The third kappa shape index (κ3) is 5.71. The fourth-order valence-corrected chi connectivity index (χ4v) is 1.83. The minimum absolute atomic E-state index is 0.0481. The molecule has 6 heteroatoms. The van der Waals surface area contributed by atoms with Crippen molar-refractivity contribution in [1.29, 1.82) is 0 Å². The number of carbonyl (C=O) groups excluding carboxylic acids is 1. The highest BCUT2D eigenvalue weighted by atomic mass is 79.9. The number of hydrogen-bond acceptors (Lipinski definition) is 3. The molecule has 0 spiro atoms. The number of nitrogens with one attached hydrogen (secondary N) is 1. The maximum atomic E-state index is 11.6. The molecule has 1 aromatic rings. The maximum absolute atomic E-state index is 11.6. The van der Waals surface area contributed by atoms with Gasteiger partial charge in [0.25, 0.3) is 5.91 Å². The summed E-state index contributed by atoms with van der Waals surface area (Å²) in [5.41, 5.74) is 0. The summed E-state index contributed by atoms with van der Waals surface area (Å²) < 4.78 is 10.3. The maximum Gasteiger partial charge on any atom is 0.258 e. The minimum atomic E-state index is -0.198. The van der Waals surface area contributed by atoms with Crippen molar-refractivity contribution in [3.63, 3.8) is 0 Å². The molecule has 4 nitrogen and oxygen atoms in total. The largest absolute Gasteiger partial charge is 0.484 e. The summed E-state index contributed by atoms with van der Waals surface area (Å²) in [6.45, 7) is 0.404. The van der Waals surface area contributed by atoms with E-state index in [4.69, 9.17) is 21.1 Å². The van der Waals surface area contributed by atoms with Crippen molar-refractivity contribution >= 4 is 33.4 Å². The second-order valence-corrected chi connectivity index (χ2v) is 4.70. The molecule has 1 N–H and O–H groups in total. The lowest BCUT2D eigenvalue weighted by Crippen LogP contribution is -2.41. The average molecular weight is 337 g/mol. The highest BCUT2D eigenvalue weighted by Gasteiger charge is 2.11. The fraction of sp³-hybridized carbons (Fsp3) is 0.417. The van der Waals surface area contributed by atoms with E-state index in [0.717, 1.165) is 0 Å². The van der Waals surface area contributed by atoms with Crippen LogP contribution in [-0.4, -0.2) is 37.6 Å². The number of rotatable bonds is 7. The lowest BCUT2D eigenvalue weighted by molar-refractivity contribution is -0.124. The van der Waals surface area contributed by atoms with Gasteiger partial charge in [0, 0.05) is 17.5 Å². The molecule has 0 saturated heterocycles. The summed E-state index contributed by atoms with van der Waals surface area (Å²) in [6, 6.07) is 6.85. The number of hydrogen-bond donors (Lipinski definition) is 1. The zero-order valence-corrected chi connectivity index (χ0v) is 12.3. The van der Waals surface area contributed by atoms with Crippen LogP contribution in [0.15, 0.2) is 24.3 Å². The van der Waals surface area contributed by atoms with Gasteiger partial charge < -0.3 is 14.8 Å². The van der Waals surface area contributed by atoms with Crippen molar-refractivity contribution in [3.05, 3.63) is 29.3 Å². The SMILES string of the molecule is COCC(CBr)NC(=O)COc1cccc(Cl)c1. The Bertz CT molecular complexity index is 389. The Kier molecular flexibility index (Phi) is 7.08. The second-order valence-electron chi connectivity index (χ2n) is 3.62. The van der Waals surface area contributed by atoms with Gasteiger partial charge in [0.1, 0.15) is 5.75 Å². The molecule has 1 aromatic carbocycles. The summed E-state index contributed by atoms with van der Waals surface area (Å²) in [4.78, 5) is 11.6.